The van der Waals surface area contributed by atoms with E-state index in [4.69, 9.17) is 23.2 Å². The van der Waals surface area contributed by atoms with E-state index in [1.54, 1.807) is 0 Å². The first-order valence-corrected chi connectivity index (χ1v) is 22.8. The molecule has 0 aromatic heterocycles. The molecule has 4 aliphatic carbocycles. The highest BCUT2D eigenvalue weighted by Crippen LogP contribution is 2.65. The predicted molar refractivity (Wildman–Crippen MR) is 248 cm³/mol. The molecule has 0 nitrogen and oxygen atoms in total. The average molecular weight is 922 g/mol. The monoisotopic (exact) mass is 918 g/mol. The van der Waals surface area contributed by atoms with Gasteiger partial charge in [-0.2, -0.15) is 0 Å². The van der Waals surface area contributed by atoms with Crippen molar-refractivity contribution in [3.8, 4) is 0 Å². The lowest BCUT2D eigenvalue weighted by atomic mass is 9.51. The molecule has 286 valence electrons. The summed E-state index contributed by atoms with van der Waals surface area (Å²) in [4.78, 5) is 0. The minimum absolute atomic E-state index is 0.235. The van der Waals surface area contributed by atoms with Gasteiger partial charge in [-0.1, -0.05) is 192 Å². The zero-order valence-corrected chi connectivity index (χ0v) is 37.7. The van der Waals surface area contributed by atoms with Crippen LogP contribution in [0.25, 0.3) is 0 Å². The van der Waals surface area contributed by atoms with Crippen LogP contribution in [0.1, 0.15) is 117 Å². The van der Waals surface area contributed by atoms with Gasteiger partial charge in [0.25, 0.3) is 0 Å². The van der Waals surface area contributed by atoms with Gasteiger partial charge >= 0.3 is 0 Å². The van der Waals surface area contributed by atoms with Gasteiger partial charge in [-0.3, -0.25) is 0 Å². The van der Waals surface area contributed by atoms with Gasteiger partial charge in [0, 0.05) is 19.8 Å². The normalized spacial score (nSPS) is 17.9. The standard InChI is InChI=1S/C54H42Br2Cl2/c1-51(2)37-13-5-9-17-41(37)53(42-18-10-6-14-38(42)51)45-29-33(55)26-22-32(45)24-28-36-47(53)35-27-23-31-21-25-34(56)30-46(31)54(48(35)50(58)49(36)57)43-19-11-7-15-39(43)52(3,4)40-16-8-12-20-44(40)54/h5-22,25-26,29-30H,23-24,27-28H2,1-4H3. The number of fused-ring (bicyclic) bond motifs is 17. The van der Waals surface area contributed by atoms with Gasteiger partial charge in [0.15, 0.2) is 0 Å². The molecule has 2 spiro atoms. The van der Waals surface area contributed by atoms with Crippen molar-refractivity contribution < 1.29 is 0 Å². The van der Waals surface area contributed by atoms with Crippen LogP contribution >= 0.6 is 55.1 Å². The molecule has 0 bridgehead atoms. The minimum atomic E-state index is -0.760. The molecular weight excluding hydrogens is 879 g/mol. The Balaban J connectivity index is 1.43. The van der Waals surface area contributed by atoms with Crippen LogP contribution in [-0.4, -0.2) is 0 Å². The highest BCUT2D eigenvalue weighted by molar-refractivity contribution is 9.10. The molecule has 11 rings (SSSR count). The Morgan fingerprint density at radius 1 is 0.379 bits per heavy atom. The van der Waals surface area contributed by atoms with Crippen LogP contribution in [0.5, 0.6) is 0 Å². The summed E-state index contributed by atoms with van der Waals surface area (Å²) in [5, 5.41) is 1.35. The van der Waals surface area contributed by atoms with Gasteiger partial charge in [-0.25, -0.2) is 0 Å². The minimum Gasteiger partial charge on any atom is -0.0824 e. The molecule has 58 heavy (non-hydrogen) atoms. The van der Waals surface area contributed by atoms with Crippen LogP contribution in [0.3, 0.4) is 0 Å². The van der Waals surface area contributed by atoms with Gasteiger partial charge in [0.2, 0.25) is 0 Å². The second-order valence-corrected chi connectivity index (χ2v) is 20.5. The summed E-state index contributed by atoms with van der Waals surface area (Å²) >= 11 is 24.2. The molecule has 0 unspecified atom stereocenters. The quantitative estimate of drug-likeness (QED) is 0.142. The molecule has 0 aliphatic heterocycles. The van der Waals surface area contributed by atoms with E-state index in [9.17, 15) is 0 Å². The van der Waals surface area contributed by atoms with Crippen LogP contribution in [0.2, 0.25) is 10.0 Å². The van der Waals surface area contributed by atoms with Crippen LogP contribution in [0.4, 0.5) is 0 Å². The van der Waals surface area contributed by atoms with E-state index in [-0.39, 0.29) is 10.8 Å². The fourth-order valence-corrected chi connectivity index (χ4v) is 13.6. The van der Waals surface area contributed by atoms with Gasteiger partial charge in [-0.05, 0) is 139 Å². The highest BCUT2D eigenvalue weighted by atomic mass is 79.9. The van der Waals surface area contributed by atoms with E-state index in [2.05, 4.69) is 193 Å². The first kappa shape index (κ1) is 37.1. The molecule has 0 saturated carbocycles. The van der Waals surface area contributed by atoms with Crippen LogP contribution in [0, 0.1) is 0 Å². The van der Waals surface area contributed by atoms with Crippen molar-refractivity contribution in [1.82, 2.24) is 0 Å². The van der Waals surface area contributed by atoms with E-state index < -0.39 is 10.8 Å². The lowest BCUT2D eigenvalue weighted by Gasteiger charge is -2.51. The largest absolute Gasteiger partial charge is 0.0824 e. The number of hydrogen-bond acceptors (Lipinski definition) is 0. The molecular formula is C54H42Br2Cl2. The Hall–Kier alpha value is -3.92. The Morgan fingerprint density at radius 2 is 0.724 bits per heavy atom. The highest BCUT2D eigenvalue weighted by Gasteiger charge is 2.57. The molecule has 0 heterocycles. The third-order valence-corrected chi connectivity index (χ3v) is 16.5. The Kier molecular flexibility index (Phi) is 8.19. The zero-order valence-electron chi connectivity index (χ0n) is 33.0. The summed E-state index contributed by atoms with van der Waals surface area (Å²) in [6.07, 6.45) is 3.33. The van der Waals surface area contributed by atoms with Crippen molar-refractivity contribution in [2.75, 3.05) is 0 Å². The summed E-state index contributed by atoms with van der Waals surface area (Å²) in [6.45, 7) is 9.55. The molecule has 4 aliphatic rings. The van der Waals surface area contributed by atoms with Crippen LogP contribution < -0.4 is 0 Å². The Labute approximate surface area is 368 Å². The Morgan fingerprint density at radius 3 is 1.12 bits per heavy atom. The van der Waals surface area contributed by atoms with Crippen molar-refractivity contribution >= 4 is 55.1 Å². The summed E-state index contributed by atoms with van der Waals surface area (Å²) in [5.74, 6) is 0. The van der Waals surface area contributed by atoms with Crippen LogP contribution in [0.15, 0.2) is 142 Å². The topological polar surface area (TPSA) is 0 Å². The SMILES string of the molecule is CC1(C)c2ccccc2C2(c3cc(Br)ccc3CCc3c2c(Cl)c(Cl)c2c3C3(c4cc(Br)ccc4CC2)c2ccccc2C(C)(C)c2ccccc23)c2ccccc21. The summed E-state index contributed by atoms with van der Waals surface area (Å²) in [7, 11) is 0. The van der Waals surface area contributed by atoms with Crippen molar-refractivity contribution in [2.24, 2.45) is 0 Å². The fraction of sp³-hybridized carbons (Fsp3) is 0.222. The average Bonchev–Trinajstić information content (AvgIpc) is 3.47. The fourth-order valence-electron chi connectivity index (χ4n) is 12.3. The second kappa shape index (κ2) is 12.8. The second-order valence-electron chi connectivity index (χ2n) is 17.9. The Bertz CT molecular complexity index is 2820. The van der Waals surface area contributed by atoms with E-state index in [0.717, 1.165) is 40.2 Å². The summed E-state index contributed by atoms with van der Waals surface area (Å²) < 4.78 is 2.13. The maximum absolute atomic E-state index is 8.17. The number of rotatable bonds is 0. The maximum Gasteiger partial charge on any atom is 0.0728 e. The van der Waals surface area contributed by atoms with Crippen molar-refractivity contribution in [3.63, 3.8) is 0 Å². The molecule has 7 aromatic carbocycles. The summed E-state index contributed by atoms with van der Waals surface area (Å²) in [5.41, 5.74) is 18.8. The third kappa shape index (κ3) is 4.59. The number of benzene rings is 7. The molecule has 7 aromatic rings. The van der Waals surface area contributed by atoms with Gasteiger partial charge in [0.05, 0.1) is 20.9 Å². The van der Waals surface area contributed by atoms with E-state index in [0.29, 0.717) is 10.0 Å². The molecule has 0 radical (unpaired) electrons. The first-order chi connectivity index (χ1) is 27.9. The lowest BCUT2D eigenvalue weighted by molar-refractivity contribution is 0.548. The molecule has 0 N–H and O–H groups in total. The molecule has 0 saturated heterocycles. The van der Waals surface area contributed by atoms with E-state index in [1.165, 1.54) is 83.5 Å². The van der Waals surface area contributed by atoms with Gasteiger partial charge in [-0.15, -0.1) is 0 Å². The lowest BCUT2D eigenvalue weighted by Crippen LogP contribution is -2.45. The van der Waals surface area contributed by atoms with Crippen molar-refractivity contribution in [1.29, 1.82) is 0 Å². The van der Waals surface area contributed by atoms with Crippen molar-refractivity contribution in [3.05, 3.63) is 241 Å². The molecule has 0 amide bonds. The van der Waals surface area contributed by atoms with Crippen LogP contribution in [-0.2, 0) is 47.3 Å². The third-order valence-electron chi connectivity index (χ3n) is 14.6. The summed E-state index contributed by atoms with van der Waals surface area (Å²) in [6, 6.07) is 50.7. The number of aryl methyl sites for hydroxylation is 2. The van der Waals surface area contributed by atoms with Gasteiger partial charge < -0.3 is 0 Å². The smallest absolute Gasteiger partial charge is 0.0728 e. The maximum atomic E-state index is 8.17. The van der Waals surface area contributed by atoms with E-state index >= 15 is 0 Å². The van der Waals surface area contributed by atoms with E-state index in [1.807, 2.05) is 0 Å². The first-order valence-electron chi connectivity index (χ1n) is 20.5. The zero-order chi connectivity index (χ0) is 39.9. The molecule has 0 atom stereocenters. The van der Waals surface area contributed by atoms with Gasteiger partial charge in [0.1, 0.15) is 0 Å². The number of hydrogen-bond donors (Lipinski definition) is 0. The molecule has 0 fully saturated rings. The predicted octanol–water partition coefficient (Wildman–Crippen LogP) is 14.8. The van der Waals surface area contributed by atoms with Crippen molar-refractivity contribution in [2.45, 2.75) is 75.0 Å². The molecule has 4 heteroatoms. The number of halogens is 4.